The van der Waals surface area contributed by atoms with Crippen molar-refractivity contribution in [1.29, 1.82) is 0 Å². The molecule has 0 radical (unpaired) electrons. The van der Waals surface area contributed by atoms with Gasteiger partial charge in [0.1, 0.15) is 12.4 Å². The Labute approximate surface area is 110 Å². The molecule has 0 spiro atoms. The molecule has 0 atom stereocenters. The molecule has 6 heteroatoms. The summed E-state index contributed by atoms with van der Waals surface area (Å²) in [4.78, 5) is 0. The smallest absolute Gasteiger partial charge is 0.219 e. The monoisotopic (exact) mass is 264 g/mol. The maximum Gasteiger partial charge on any atom is 0.219 e. The van der Waals surface area contributed by atoms with Crippen molar-refractivity contribution in [3.05, 3.63) is 34.8 Å². The molecule has 0 unspecified atom stereocenters. The van der Waals surface area contributed by atoms with Crippen molar-refractivity contribution in [3.63, 3.8) is 0 Å². The van der Waals surface area contributed by atoms with E-state index in [0.717, 1.165) is 23.6 Å². The van der Waals surface area contributed by atoms with Gasteiger partial charge in [-0.25, -0.2) is 5.84 Å². The fraction of sp³-hybridized carbons (Fsp3) is 0.333. The van der Waals surface area contributed by atoms with Gasteiger partial charge in [0, 0.05) is 0 Å². The van der Waals surface area contributed by atoms with Gasteiger partial charge >= 0.3 is 0 Å². The van der Waals surface area contributed by atoms with Crippen LogP contribution in [0.25, 0.3) is 0 Å². The lowest BCUT2D eigenvalue weighted by Crippen LogP contribution is -2.05. The number of benzene rings is 1. The average Bonchev–Trinajstić information content (AvgIpc) is 2.86. The maximum atomic E-state index is 5.62. The van der Waals surface area contributed by atoms with Gasteiger partial charge in [0.2, 0.25) is 5.13 Å². The number of ether oxygens (including phenoxy) is 1. The van der Waals surface area contributed by atoms with E-state index in [-0.39, 0.29) is 0 Å². The number of aromatic nitrogens is 2. The second-order valence-electron chi connectivity index (χ2n) is 3.83. The Morgan fingerprint density at radius 1 is 1.28 bits per heavy atom. The number of nitrogens with one attached hydrogen (secondary N) is 1. The number of nitrogens with zero attached hydrogens (tertiary/aromatic N) is 2. The Morgan fingerprint density at radius 2 is 2.06 bits per heavy atom. The third-order valence-corrected chi connectivity index (χ3v) is 3.24. The zero-order valence-electron chi connectivity index (χ0n) is 10.2. The highest BCUT2D eigenvalue weighted by atomic mass is 32.1. The van der Waals surface area contributed by atoms with Gasteiger partial charge in [-0.3, -0.25) is 5.43 Å². The fourth-order valence-electron chi connectivity index (χ4n) is 1.56. The zero-order valence-corrected chi connectivity index (χ0v) is 11.0. The lowest BCUT2D eigenvalue weighted by molar-refractivity contribution is 0.304. The first-order chi connectivity index (χ1) is 8.81. The molecule has 5 nitrogen and oxygen atoms in total. The Kier molecular flexibility index (Phi) is 4.49. The molecular weight excluding hydrogens is 248 g/mol. The number of anilines is 1. The van der Waals surface area contributed by atoms with Gasteiger partial charge in [0.25, 0.3) is 0 Å². The van der Waals surface area contributed by atoms with E-state index >= 15 is 0 Å². The number of hydrogen-bond acceptors (Lipinski definition) is 6. The highest BCUT2D eigenvalue weighted by Gasteiger charge is 2.03. The number of rotatable bonds is 6. The summed E-state index contributed by atoms with van der Waals surface area (Å²) < 4.78 is 5.62. The van der Waals surface area contributed by atoms with Gasteiger partial charge in [0.15, 0.2) is 5.01 Å². The molecule has 3 N–H and O–H groups in total. The minimum atomic E-state index is 0.409. The summed E-state index contributed by atoms with van der Waals surface area (Å²) >= 11 is 1.38. The van der Waals surface area contributed by atoms with E-state index in [9.17, 15) is 0 Å². The standard InChI is InChI=1S/C12H16N4OS/c1-2-3-9-4-6-10(7-5-9)17-8-11-15-16-12(14-13)18-11/h4-7H,2-3,8,13H2,1H3,(H,14,16). The van der Waals surface area contributed by atoms with E-state index in [1.165, 1.54) is 16.9 Å². The van der Waals surface area contributed by atoms with E-state index in [1.54, 1.807) is 0 Å². The first-order valence-corrected chi connectivity index (χ1v) is 6.64. The van der Waals surface area contributed by atoms with Crippen LogP contribution < -0.4 is 16.0 Å². The van der Waals surface area contributed by atoms with Crippen molar-refractivity contribution in [1.82, 2.24) is 10.2 Å². The SMILES string of the molecule is CCCc1ccc(OCc2nnc(NN)s2)cc1. The number of nitrogen functional groups attached to an aromatic ring is 1. The molecule has 0 bridgehead atoms. The molecule has 18 heavy (non-hydrogen) atoms. The number of nitrogens with two attached hydrogens (primary N) is 1. The molecule has 1 aromatic carbocycles. The molecule has 2 rings (SSSR count). The van der Waals surface area contributed by atoms with Gasteiger partial charge in [-0.1, -0.05) is 36.8 Å². The average molecular weight is 264 g/mol. The fourth-order valence-corrected chi connectivity index (χ4v) is 2.12. The topological polar surface area (TPSA) is 73.1 Å². The highest BCUT2D eigenvalue weighted by molar-refractivity contribution is 7.15. The van der Waals surface area contributed by atoms with Gasteiger partial charge in [-0.05, 0) is 24.1 Å². The summed E-state index contributed by atoms with van der Waals surface area (Å²) in [6, 6.07) is 8.14. The zero-order chi connectivity index (χ0) is 12.8. The lowest BCUT2D eigenvalue weighted by atomic mass is 10.1. The molecule has 0 aliphatic rings. The minimum absolute atomic E-state index is 0.409. The molecule has 0 aliphatic carbocycles. The first kappa shape index (κ1) is 12.8. The summed E-state index contributed by atoms with van der Waals surface area (Å²) in [6.07, 6.45) is 2.25. The number of aryl methyl sites for hydroxylation is 1. The van der Waals surface area contributed by atoms with E-state index in [0.29, 0.717) is 11.7 Å². The van der Waals surface area contributed by atoms with Crippen LogP contribution in [-0.2, 0) is 13.0 Å². The van der Waals surface area contributed by atoms with Gasteiger partial charge < -0.3 is 4.74 Å². The molecule has 0 saturated carbocycles. The quantitative estimate of drug-likeness (QED) is 0.619. The molecule has 96 valence electrons. The predicted molar refractivity (Wildman–Crippen MR) is 72.5 cm³/mol. The van der Waals surface area contributed by atoms with Crippen molar-refractivity contribution in [2.75, 3.05) is 5.43 Å². The van der Waals surface area contributed by atoms with Crippen LogP contribution in [0.15, 0.2) is 24.3 Å². The molecular formula is C12H16N4OS. The molecule has 2 aromatic rings. The Hall–Kier alpha value is -1.66. The van der Waals surface area contributed by atoms with Crippen molar-refractivity contribution < 1.29 is 4.74 Å². The van der Waals surface area contributed by atoms with Crippen molar-refractivity contribution in [2.45, 2.75) is 26.4 Å². The molecule has 0 fully saturated rings. The highest BCUT2D eigenvalue weighted by Crippen LogP contribution is 2.18. The summed E-state index contributed by atoms with van der Waals surface area (Å²) in [6.45, 7) is 2.58. The second kappa shape index (κ2) is 6.32. The largest absolute Gasteiger partial charge is 0.486 e. The Bertz CT molecular complexity index is 483. The Morgan fingerprint density at radius 3 is 2.67 bits per heavy atom. The number of hydrogen-bond donors (Lipinski definition) is 2. The van der Waals surface area contributed by atoms with E-state index in [2.05, 4.69) is 34.7 Å². The van der Waals surface area contributed by atoms with Crippen LogP contribution in [0.4, 0.5) is 5.13 Å². The molecule has 1 aromatic heterocycles. The molecule has 0 saturated heterocycles. The van der Waals surface area contributed by atoms with E-state index in [1.807, 2.05) is 12.1 Å². The van der Waals surface area contributed by atoms with Crippen molar-refractivity contribution >= 4 is 16.5 Å². The van der Waals surface area contributed by atoms with Crippen LogP contribution in [0, 0.1) is 0 Å². The Balaban J connectivity index is 1.89. The normalized spacial score (nSPS) is 10.3. The third-order valence-electron chi connectivity index (χ3n) is 2.41. The molecule has 0 amide bonds. The van der Waals surface area contributed by atoms with Crippen LogP contribution in [0.5, 0.6) is 5.75 Å². The third kappa shape index (κ3) is 3.41. The summed E-state index contributed by atoms with van der Waals surface area (Å²) in [7, 11) is 0. The summed E-state index contributed by atoms with van der Waals surface area (Å²) in [5.41, 5.74) is 3.79. The van der Waals surface area contributed by atoms with Crippen molar-refractivity contribution in [3.8, 4) is 5.75 Å². The van der Waals surface area contributed by atoms with Crippen LogP contribution in [0.2, 0.25) is 0 Å². The van der Waals surface area contributed by atoms with Crippen molar-refractivity contribution in [2.24, 2.45) is 5.84 Å². The summed E-state index contributed by atoms with van der Waals surface area (Å²) in [5, 5.41) is 9.17. The minimum Gasteiger partial charge on any atom is -0.486 e. The van der Waals surface area contributed by atoms with E-state index in [4.69, 9.17) is 10.6 Å². The van der Waals surface area contributed by atoms with E-state index < -0.39 is 0 Å². The summed E-state index contributed by atoms with van der Waals surface area (Å²) in [5.74, 6) is 6.07. The lowest BCUT2D eigenvalue weighted by Gasteiger charge is -2.04. The second-order valence-corrected chi connectivity index (χ2v) is 4.89. The molecule has 1 heterocycles. The van der Waals surface area contributed by atoms with Crippen LogP contribution in [-0.4, -0.2) is 10.2 Å². The van der Waals surface area contributed by atoms with Crippen LogP contribution >= 0.6 is 11.3 Å². The predicted octanol–water partition coefficient (Wildman–Crippen LogP) is 2.36. The maximum absolute atomic E-state index is 5.62. The van der Waals surface area contributed by atoms with Gasteiger partial charge in [-0.2, -0.15) is 0 Å². The van der Waals surface area contributed by atoms with Crippen LogP contribution in [0.1, 0.15) is 23.9 Å². The number of hydrazine groups is 1. The van der Waals surface area contributed by atoms with Gasteiger partial charge in [-0.15, -0.1) is 10.2 Å². The van der Waals surface area contributed by atoms with Gasteiger partial charge in [0.05, 0.1) is 0 Å². The first-order valence-electron chi connectivity index (χ1n) is 5.82. The van der Waals surface area contributed by atoms with Crippen LogP contribution in [0.3, 0.4) is 0 Å². The molecule has 0 aliphatic heterocycles.